The van der Waals surface area contributed by atoms with Gasteiger partial charge >= 0.3 is 0 Å². The van der Waals surface area contributed by atoms with Crippen molar-refractivity contribution in [2.75, 3.05) is 0 Å². The average Bonchev–Trinajstić information content (AvgIpc) is 2.93. The highest BCUT2D eigenvalue weighted by atomic mass is 35.5. The third-order valence-electron chi connectivity index (χ3n) is 4.40. The van der Waals surface area contributed by atoms with E-state index >= 15 is 0 Å². The summed E-state index contributed by atoms with van der Waals surface area (Å²) >= 11 is 0. The van der Waals surface area contributed by atoms with E-state index in [0.29, 0.717) is 0 Å². The number of carbonyl (C=O) groups excluding carboxylic acids is 1. The zero-order valence-electron chi connectivity index (χ0n) is 15.0. The number of aromatic nitrogens is 2. The number of aryl methyl sites for hydroxylation is 1. The van der Waals surface area contributed by atoms with E-state index in [1.54, 1.807) is 6.92 Å². The summed E-state index contributed by atoms with van der Waals surface area (Å²) in [5.74, 6) is 0.571. The number of hydrogen-bond donors (Lipinski definition) is 2. The molecule has 0 saturated carbocycles. The van der Waals surface area contributed by atoms with Crippen LogP contribution in [0, 0.1) is 0 Å². The minimum absolute atomic E-state index is 0. The SMILES string of the molecule is CC(NC(=O)C(C)(N)c1ccccc1)c1nc2ccccc2n1C.Cl.Cl. The number of nitrogens with two attached hydrogens (primary N) is 1. The van der Waals surface area contributed by atoms with Crippen LogP contribution in [0.1, 0.15) is 31.3 Å². The maximum Gasteiger partial charge on any atom is 0.244 e. The van der Waals surface area contributed by atoms with Gasteiger partial charge in [-0.15, -0.1) is 24.8 Å². The second-order valence-electron chi connectivity index (χ2n) is 6.28. The Morgan fingerprint density at radius 2 is 1.69 bits per heavy atom. The highest BCUT2D eigenvalue weighted by Crippen LogP contribution is 2.22. The van der Waals surface area contributed by atoms with Crippen LogP contribution >= 0.6 is 24.8 Å². The molecule has 2 atom stereocenters. The zero-order valence-corrected chi connectivity index (χ0v) is 16.6. The lowest BCUT2D eigenvalue weighted by Crippen LogP contribution is -2.49. The number of imidazole rings is 1. The van der Waals surface area contributed by atoms with Crippen molar-refractivity contribution in [2.24, 2.45) is 12.8 Å². The molecule has 5 nitrogen and oxygen atoms in total. The number of nitrogens with zero attached hydrogens (tertiary/aromatic N) is 2. The fraction of sp³-hybridized carbons (Fsp3) is 0.263. The molecule has 26 heavy (non-hydrogen) atoms. The van der Waals surface area contributed by atoms with Gasteiger partial charge in [-0.05, 0) is 31.5 Å². The second kappa shape index (κ2) is 8.54. The Bertz CT molecular complexity index is 878. The van der Waals surface area contributed by atoms with E-state index in [-0.39, 0.29) is 36.8 Å². The highest BCUT2D eigenvalue weighted by Gasteiger charge is 2.32. The standard InChI is InChI=1S/C19H22N4O.2ClH/c1-13(17-22-15-11-7-8-12-16(15)23(17)3)21-18(24)19(2,20)14-9-5-4-6-10-14;;/h4-13H,20H2,1-3H3,(H,21,24);2*1H. The largest absolute Gasteiger partial charge is 0.345 e. The smallest absolute Gasteiger partial charge is 0.244 e. The summed E-state index contributed by atoms with van der Waals surface area (Å²) in [5.41, 5.74) is 7.91. The quantitative estimate of drug-likeness (QED) is 0.711. The van der Waals surface area contributed by atoms with Crippen molar-refractivity contribution in [1.82, 2.24) is 14.9 Å². The molecule has 140 valence electrons. The summed E-state index contributed by atoms with van der Waals surface area (Å²) in [6.07, 6.45) is 0. The Labute approximate surface area is 165 Å². The molecule has 0 aliphatic rings. The van der Waals surface area contributed by atoms with Crippen LogP contribution in [0.5, 0.6) is 0 Å². The molecule has 3 N–H and O–H groups in total. The normalized spacial score (nSPS) is 13.8. The highest BCUT2D eigenvalue weighted by molar-refractivity contribution is 5.87. The van der Waals surface area contributed by atoms with Crippen LogP contribution in [0.25, 0.3) is 11.0 Å². The number of carbonyl (C=O) groups is 1. The van der Waals surface area contributed by atoms with E-state index in [9.17, 15) is 4.79 Å². The number of amides is 1. The topological polar surface area (TPSA) is 72.9 Å². The summed E-state index contributed by atoms with van der Waals surface area (Å²) in [4.78, 5) is 17.3. The molecule has 0 radical (unpaired) electrons. The first-order valence-electron chi connectivity index (χ1n) is 7.98. The van der Waals surface area contributed by atoms with Crippen LogP contribution in [0.2, 0.25) is 0 Å². The molecule has 0 fully saturated rings. The summed E-state index contributed by atoms with van der Waals surface area (Å²) in [6.45, 7) is 3.64. The van der Waals surface area contributed by atoms with Crippen molar-refractivity contribution in [3.05, 3.63) is 66.0 Å². The van der Waals surface area contributed by atoms with Gasteiger partial charge in [0.25, 0.3) is 0 Å². The van der Waals surface area contributed by atoms with Gasteiger partial charge in [0, 0.05) is 7.05 Å². The van der Waals surface area contributed by atoms with Gasteiger partial charge in [0.05, 0.1) is 17.1 Å². The number of benzene rings is 2. The maximum absolute atomic E-state index is 12.7. The number of halogens is 2. The molecule has 3 rings (SSSR count). The number of hydrogen-bond acceptors (Lipinski definition) is 3. The third-order valence-corrected chi connectivity index (χ3v) is 4.40. The van der Waals surface area contributed by atoms with E-state index in [2.05, 4.69) is 10.3 Å². The second-order valence-corrected chi connectivity index (χ2v) is 6.28. The summed E-state index contributed by atoms with van der Waals surface area (Å²) in [7, 11) is 1.95. The Morgan fingerprint density at radius 1 is 1.12 bits per heavy atom. The first-order valence-corrected chi connectivity index (χ1v) is 7.98. The number of nitrogens with one attached hydrogen (secondary N) is 1. The monoisotopic (exact) mass is 394 g/mol. The molecule has 0 saturated heterocycles. The van der Waals surface area contributed by atoms with Crippen molar-refractivity contribution in [3.63, 3.8) is 0 Å². The molecule has 0 aliphatic carbocycles. The van der Waals surface area contributed by atoms with Gasteiger partial charge in [-0.1, -0.05) is 42.5 Å². The first kappa shape index (κ1) is 22.0. The van der Waals surface area contributed by atoms with Crippen LogP contribution in [0.4, 0.5) is 0 Å². The minimum atomic E-state index is -1.10. The summed E-state index contributed by atoms with van der Waals surface area (Å²) in [6, 6.07) is 17.0. The van der Waals surface area contributed by atoms with Gasteiger partial charge < -0.3 is 15.6 Å². The molecule has 7 heteroatoms. The molecule has 1 aromatic heterocycles. The number of fused-ring (bicyclic) bond motifs is 1. The molecular weight excluding hydrogens is 371 g/mol. The van der Waals surface area contributed by atoms with Crippen LogP contribution in [0.15, 0.2) is 54.6 Å². The number of rotatable bonds is 4. The van der Waals surface area contributed by atoms with Crippen LogP contribution in [0.3, 0.4) is 0 Å². The fourth-order valence-electron chi connectivity index (χ4n) is 2.88. The fourth-order valence-corrected chi connectivity index (χ4v) is 2.88. The van der Waals surface area contributed by atoms with Crippen molar-refractivity contribution >= 4 is 41.8 Å². The van der Waals surface area contributed by atoms with Gasteiger partial charge in [-0.3, -0.25) is 4.79 Å². The van der Waals surface area contributed by atoms with Crippen LogP contribution in [-0.2, 0) is 17.4 Å². The molecule has 0 bridgehead atoms. The third kappa shape index (κ3) is 4.01. The van der Waals surface area contributed by atoms with E-state index < -0.39 is 5.54 Å². The first-order chi connectivity index (χ1) is 11.4. The Morgan fingerprint density at radius 3 is 2.31 bits per heavy atom. The molecule has 2 unspecified atom stereocenters. The minimum Gasteiger partial charge on any atom is -0.345 e. The van der Waals surface area contributed by atoms with E-state index in [1.165, 1.54) is 0 Å². The maximum atomic E-state index is 12.7. The summed E-state index contributed by atoms with van der Waals surface area (Å²) in [5, 5.41) is 2.99. The zero-order chi connectivity index (χ0) is 17.3. The molecule has 0 aliphatic heterocycles. The van der Waals surface area contributed by atoms with E-state index in [0.717, 1.165) is 22.4 Å². The van der Waals surface area contributed by atoms with E-state index in [4.69, 9.17) is 5.73 Å². The molecule has 1 heterocycles. The van der Waals surface area contributed by atoms with Crippen molar-refractivity contribution in [2.45, 2.75) is 25.4 Å². The van der Waals surface area contributed by atoms with Crippen LogP contribution in [-0.4, -0.2) is 15.5 Å². The van der Waals surface area contributed by atoms with Gasteiger partial charge in [0.2, 0.25) is 5.91 Å². The molecule has 2 aromatic carbocycles. The molecule has 0 spiro atoms. The molecular formula is C19H24Cl2N4O. The van der Waals surface area contributed by atoms with Crippen molar-refractivity contribution in [3.8, 4) is 0 Å². The lowest BCUT2D eigenvalue weighted by atomic mass is 9.92. The van der Waals surface area contributed by atoms with E-state index in [1.807, 2.05) is 73.1 Å². The average molecular weight is 395 g/mol. The Kier molecular flexibility index (Phi) is 7.21. The Balaban J connectivity index is 0.00000169. The lowest BCUT2D eigenvalue weighted by Gasteiger charge is -2.26. The molecule has 1 amide bonds. The van der Waals surface area contributed by atoms with Crippen LogP contribution < -0.4 is 11.1 Å². The van der Waals surface area contributed by atoms with Crippen molar-refractivity contribution in [1.29, 1.82) is 0 Å². The van der Waals surface area contributed by atoms with Gasteiger partial charge in [-0.25, -0.2) is 4.98 Å². The van der Waals surface area contributed by atoms with Gasteiger partial charge in [0.1, 0.15) is 11.4 Å². The van der Waals surface area contributed by atoms with Gasteiger partial charge in [-0.2, -0.15) is 0 Å². The van der Waals surface area contributed by atoms with Crippen molar-refractivity contribution < 1.29 is 4.79 Å². The Hall–Kier alpha value is -2.08. The van der Waals surface area contributed by atoms with Gasteiger partial charge in [0.15, 0.2) is 0 Å². The number of para-hydroxylation sites is 2. The predicted octanol–water partition coefficient (Wildman–Crippen LogP) is 3.47. The lowest BCUT2D eigenvalue weighted by molar-refractivity contribution is -0.126. The summed E-state index contributed by atoms with van der Waals surface area (Å²) < 4.78 is 2.00. The molecule has 3 aromatic rings. The predicted molar refractivity (Wildman–Crippen MR) is 110 cm³/mol.